The molecule has 0 bridgehead atoms. The van der Waals surface area contributed by atoms with Gasteiger partial charge in [-0.2, -0.15) is 0 Å². The quantitative estimate of drug-likeness (QED) is 0.793. The molecule has 1 atom stereocenters. The number of hydrogen-bond donors (Lipinski definition) is 2. The molecule has 1 aromatic heterocycles. The second kappa shape index (κ2) is 5.14. The fourth-order valence-corrected chi connectivity index (χ4v) is 1.51. The number of rotatable bonds is 3. The summed E-state index contributed by atoms with van der Waals surface area (Å²) >= 11 is 0. The Kier molecular flexibility index (Phi) is 3.58. The van der Waals surface area contributed by atoms with Gasteiger partial charge in [0.1, 0.15) is 5.82 Å². The number of nitrogens with one attached hydrogen (secondary N) is 1. The molecule has 0 aliphatic carbocycles. The summed E-state index contributed by atoms with van der Waals surface area (Å²) in [5, 5.41) is 3.19. The molecule has 1 aromatic rings. The molecule has 0 aromatic carbocycles. The molecule has 1 unspecified atom stereocenters. The van der Waals surface area contributed by atoms with Crippen molar-refractivity contribution in [1.82, 2.24) is 4.98 Å². The molecule has 1 saturated heterocycles. The number of hydrogen-bond acceptors (Lipinski definition) is 5. The Hall–Kier alpha value is -1.33. The number of nitrogens with zero attached hydrogens (tertiary/aromatic N) is 1. The third-order valence-electron chi connectivity index (χ3n) is 2.54. The third kappa shape index (κ3) is 2.84. The lowest BCUT2D eigenvalue weighted by atomic mass is 10.2. The fraction of sp³-hybridized carbons (Fsp3) is 0.545. The molecule has 5 nitrogen and oxygen atoms in total. The Morgan fingerprint density at radius 3 is 3.12 bits per heavy atom. The summed E-state index contributed by atoms with van der Waals surface area (Å²) < 4.78 is 10.8. The molecule has 16 heavy (non-hydrogen) atoms. The second-order valence-electron chi connectivity index (χ2n) is 3.87. The van der Waals surface area contributed by atoms with Crippen LogP contribution in [0.15, 0.2) is 12.3 Å². The van der Waals surface area contributed by atoms with Crippen LogP contribution in [0.1, 0.15) is 5.56 Å². The van der Waals surface area contributed by atoms with Gasteiger partial charge in [-0.1, -0.05) is 0 Å². The SMILES string of the molecule is Cc1cnc(NCC2COCCO2)cc1N. The standard InChI is InChI=1S/C11H17N3O2/c1-8-5-13-11(4-10(8)12)14-6-9-7-15-2-3-16-9/h4-5,9H,2-3,6-7H2,1H3,(H3,12,13,14). The van der Waals surface area contributed by atoms with E-state index in [2.05, 4.69) is 10.3 Å². The van der Waals surface area contributed by atoms with Crippen molar-refractivity contribution >= 4 is 11.5 Å². The summed E-state index contributed by atoms with van der Waals surface area (Å²) in [6.45, 7) is 4.61. The maximum atomic E-state index is 5.79. The van der Waals surface area contributed by atoms with Gasteiger partial charge in [-0.3, -0.25) is 0 Å². The smallest absolute Gasteiger partial charge is 0.128 e. The van der Waals surface area contributed by atoms with E-state index in [1.807, 2.05) is 13.0 Å². The average molecular weight is 223 g/mol. The maximum absolute atomic E-state index is 5.79. The van der Waals surface area contributed by atoms with Crippen molar-refractivity contribution in [1.29, 1.82) is 0 Å². The summed E-state index contributed by atoms with van der Waals surface area (Å²) in [5.41, 5.74) is 7.53. The molecule has 2 heterocycles. The first-order valence-electron chi connectivity index (χ1n) is 5.41. The largest absolute Gasteiger partial charge is 0.398 e. The number of anilines is 2. The lowest BCUT2D eigenvalue weighted by Crippen LogP contribution is -2.34. The number of pyridine rings is 1. The minimum atomic E-state index is 0.0954. The van der Waals surface area contributed by atoms with Crippen LogP contribution >= 0.6 is 0 Å². The first kappa shape index (κ1) is 11.2. The Balaban J connectivity index is 1.86. The highest BCUT2D eigenvalue weighted by Crippen LogP contribution is 2.13. The highest BCUT2D eigenvalue weighted by molar-refractivity contribution is 5.53. The average Bonchev–Trinajstić information content (AvgIpc) is 2.32. The van der Waals surface area contributed by atoms with Crippen molar-refractivity contribution in [2.24, 2.45) is 0 Å². The van der Waals surface area contributed by atoms with E-state index >= 15 is 0 Å². The normalized spacial score (nSPS) is 20.7. The molecule has 0 radical (unpaired) electrons. The molecule has 5 heteroatoms. The van der Waals surface area contributed by atoms with Crippen LogP contribution in [0, 0.1) is 6.92 Å². The van der Waals surface area contributed by atoms with Gasteiger partial charge in [0.25, 0.3) is 0 Å². The van der Waals surface area contributed by atoms with Crippen molar-refractivity contribution in [3.05, 3.63) is 17.8 Å². The van der Waals surface area contributed by atoms with E-state index in [1.54, 1.807) is 6.20 Å². The van der Waals surface area contributed by atoms with Gasteiger partial charge >= 0.3 is 0 Å². The molecular weight excluding hydrogens is 206 g/mol. The van der Waals surface area contributed by atoms with Gasteiger partial charge in [0.15, 0.2) is 0 Å². The van der Waals surface area contributed by atoms with Gasteiger partial charge in [-0.25, -0.2) is 4.98 Å². The van der Waals surface area contributed by atoms with Crippen LogP contribution in [0.25, 0.3) is 0 Å². The predicted molar refractivity (Wildman–Crippen MR) is 62.4 cm³/mol. The Morgan fingerprint density at radius 1 is 1.56 bits per heavy atom. The predicted octanol–water partition coefficient (Wildman–Crippen LogP) is 0.800. The van der Waals surface area contributed by atoms with E-state index in [0.717, 1.165) is 17.1 Å². The molecule has 1 aliphatic heterocycles. The van der Waals surface area contributed by atoms with E-state index in [0.29, 0.717) is 26.4 Å². The number of ether oxygens (including phenoxy) is 2. The van der Waals surface area contributed by atoms with Crippen molar-refractivity contribution in [2.75, 3.05) is 37.4 Å². The van der Waals surface area contributed by atoms with E-state index in [-0.39, 0.29) is 6.10 Å². The van der Waals surface area contributed by atoms with Gasteiger partial charge in [0.2, 0.25) is 0 Å². The monoisotopic (exact) mass is 223 g/mol. The molecule has 0 saturated carbocycles. The van der Waals surface area contributed by atoms with Gasteiger partial charge < -0.3 is 20.5 Å². The zero-order valence-electron chi connectivity index (χ0n) is 9.40. The van der Waals surface area contributed by atoms with Crippen LogP contribution in [0.2, 0.25) is 0 Å². The van der Waals surface area contributed by atoms with Crippen LogP contribution in [0.4, 0.5) is 11.5 Å². The Morgan fingerprint density at radius 2 is 2.44 bits per heavy atom. The molecule has 0 amide bonds. The minimum Gasteiger partial charge on any atom is -0.398 e. The summed E-state index contributed by atoms with van der Waals surface area (Å²) in [4.78, 5) is 4.24. The van der Waals surface area contributed by atoms with Crippen LogP contribution in [-0.4, -0.2) is 37.5 Å². The van der Waals surface area contributed by atoms with Crippen molar-refractivity contribution in [3.8, 4) is 0 Å². The maximum Gasteiger partial charge on any atom is 0.128 e. The number of aromatic nitrogens is 1. The van der Waals surface area contributed by atoms with Crippen LogP contribution in [0.5, 0.6) is 0 Å². The molecule has 0 spiro atoms. The zero-order valence-corrected chi connectivity index (χ0v) is 9.40. The Labute approximate surface area is 95.0 Å². The summed E-state index contributed by atoms with van der Waals surface area (Å²) in [5.74, 6) is 0.775. The molecule has 88 valence electrons. The third-order valence-corrected chi connectivity index (χ3v) is 2.54. The number of nitrogen functional groups attached to an aromatic ring is 1. The summed E-state index contributed by atoms with van der Waals surface area (Å²) in [6.07, 6.45) is 1.86. The van der Waals surface area contributed by atoms with Gasteiger partial charge in [0, 0.05) is 24.5 Å². The van der Waals surface area contributed by atoms with E-state index in [9.17, 15) is 0 Å². The molecule has 3 N–H and O–H groups in total. The molecular formula is C11H17N3O2. The first-order valence-corrected chi connectivity index (χ1v) is 5.41. The fourth-order valence-electron chi connectivity index (χ4n) is 1.51. The lowest BCUT2D eigenvalue weighted by Gasteiger charge is -2.23. The zero-order chi connectivity index (χ0) is 11.4. The molecule has 2 rings (SSSR count). The topological polar surface area (TPSA) is 69.4 Å². The van der Waals surface area contributed by atoms with Crippen molar-refractivity contribution < 1.29 is 9.47 Å². The summed E-state index contributed by atoms with van der Waals surface area (Å²) in [6, 6.07) is 1.83. The van der Waals surface area contributed by atoms with E-state index < -0.39 is 0 Å². The highest BCUT2D eigenvalue weighted by atomic mass is 16.6. The van der Waals surface area contributed by atoms with Crippen LogP contribution in [0.3, 0.4) is 0 Å². The Bertz CT molecular complexity index is 351. The van der Waals surface area contributed by atoms with E-state index in [1.165, 1.54) is 0 Å². The number of aryl methyl sites for hydroxylation is 1. The van der Waals surface area contributed by atoms with Gasteiger partial charge in [-0.15, -0.1) is 0 Å². The molecule has 1 fully saturated rings. The highest BCUT2D eigenvalue weighted by Gasteiger charge is 2.13. The summed E-state index contributed by atoms with van der Waals surface area (Å²) in [7, 11) is 0. The lowest BCUT2D eigenvalue weighted by molar-refractivity contribution is -0.0819. The molecule has 1 aliphatic rings. The van der Waals surface area contributed by atoms with Crippen LogP contribution < -0.4 is 11.1 Å². The minimum absolute atomic E-state index is 0.0954. The van der Waals surface area contributed by atoms with Gasteiger partial charge in [0.05, 0.1) is 25.9 Å². The van der Waals surface area contributed by atoms with Crippen molar-refractivity contribution in [3.63, 3.8) is 0 Å². The van der Waals surface area contributed by atoms with E-state index in [4.69, 9.17) is 15.2 Å². The van der Waals surface area contributed by atoms with Crippen molar-refractivity contribution in [2.45, 2.75) is 13.0 Å². The second-order valence-corrected chi connectivity index (χ2v) is 3.87. The first-order chi connectivity index (χ1) is 7.75. The van der Waals surface area contributed by atoms with Gasteiger partial charge in [-0.05, 0) is 12.5 Å². The van der Waals surface area contributed by atoms with Crippen LogP contribution in [-0.2, 0) is 9.47 Å². The number of nitrogens with two attached hydrogens (primary N) is 1.